The van der Waals surface area contributed by atoms with E-state index in [0.717, 1.165) is 30.5 Å². The first-order valence-corrected chi connectivity index (χ1v) is 8.81. The summed E-state index contributed by atoms with van der Waals surface area (Å²) in [6, 6.07) is 17.3. The lowest BCUT2D eigenvalue weighted by Gasteiger charge is -2.27. The molecule has 0 unspecified atom stereocenters. The summed E-state index contributed by atoms with van der Waals surface area (Å²) < 4.78 is 5.22. The first kappa shape index (κ1) is 17.6. The van der Waals surface area contributed by atoms with Crippen LogP contribution in [0.15, 0.2) is 54.6 Å². The Kier molecular flexibility index (Phi) is 5.84. The van der Waals surface area contributed by atoms with E-state index in [1.807, 2.05) is 59.5 Å². The van der Waals surface area contributed by atoms with Crippen LogP contribution in [-0.2, 0) is 11.3 Å². The fraction of sp³-hybridized carbons (Fsp3) is 0.381. The first-order chi connectivity index (χ1) is 12.2. The van der Waals surface area contributed by atoms with Gasteiger partial charge in [0.1, 0.15) is 0 Å². The summed E-state index contributed by atoms with van der Waals surface area (Å²) in [6.07, 6.45) is 1.93. The lowest BCUT2D eigenvalue weighted by molar-refractivity contribution is 0.0662. The molecule has 0 radical (unpaired) electrons. The molecule has 4 nitrogen and oxygen atoms in total. The van der Waals surface area contributed by atoms with Crippen LogP contribution in [-0.4, -0.2) is 35.6 Å². The maximum absolute atomic E-state index is 13.1. The van der Waals surface area contributed by atoms with Crippen LogP contribution in [0, 0.1) is 0 Å². The van der Waals surface area contributed by atoms with Crippen molar-refractivity contribution in [2.45, 2.75) is 38.0 Å². The van der Waals surface area contributed by atoms with Gasteiger partial charge >= 0.3 is 0 Å². The van der Waals surface area contributed by atoms with Crippen LogP contribution in [0.25, 0.3) is 0 Å². The quantitative estimate of drug-likeness (QED) is 0.875. The van der Waals surface area contributed by atoms with Crippen molar-refractivity contribution in [2.75, 3.05) is 13.7 Å². The molecule has 2 aromatic carbocycles. The minimum absolute atomic E-state index is 0.0374. The van der Waals surface area contributed by atoms with E-state index in [1.54, 1.807) is 7.11 Å². The van der Waals surface area contributed by atoms with Gasteiger partial charge in [0.2, 0.25) is 0 Å². The Hall–Kier alpha value is -2.17. The average molecular weight is 339 g/mol. The number of benzene rings is 2. The Labute approximate surface area is 149 Å². The van der Waals surface area contributed by atoms with Crippen molar-refractivity contribution in [1.29, 1.82) is 0 Å². The van der Waals surface area contributed by atoms with E-state index in [-0.39, 0.29) is 11.9 Å². The first-order valence-electron chi connectivity index (χ1n) is 8.81. The average Bonchev–Trinajstić information content (AvgIpc) is 3.10. The van der Waals surface area contributed by atoms with Gasteiger partial charge in [-0.2, -0.15) is 0 Å². The number of methoxy groups -OCH3 is 1. The van der Waals surface area contributed by atoms with Crippen molar-refractivity contribution in [3.63, 3.8) is 0 Å². The highest BCUT2D eigenvalue weighted by atomic mass is 16.5. The van der Waals surface area contributed by atoms with Crippen LogP contribution >= 0.6 is 0 Å². The molecule has 2 aromatic rings. The third kappa shape index (κ3) is 4.09. The van der Waals surface area contributed by atoms with Crippen LogP contribution in [0.4, 0.5) is 0 Å². The Morgan fingerprint density at radius 1 is 1.20 bits per heavy atom. The van der Waals surface area contributed by atoms with Gasteiger partial charge in [-0.3, -0.25) is 4.79 Å². The highest BCUT2D eigenvalue weighted by Gasteiger charge is 2.32. The number of hydrogen-bond donors (Lipinski definition) is 1. The molecule has 0 aliphatic carbocycles. The molecule has 4 heteroatoms. The molecule has 1 N–H and O–H groups in total. The summed E-state index contributed by atoms with van der Waals surface area (Å²) in [7, 11) is 1.64. The van der Waals surface area contributed by atoms with Crippen LogP contribution in [0.1, 0.15) is 46.9 Å². The molecule has 1 aliphatic rings. The van der Waals surface area contributed by atoms with Gasteiger partial charge < -0.3 is 14.7 Å². The normalized spacial score (nSPS) is 18.3. The summed E-state index contributed by atoms with van der Waals surface area (Å²) in [5.41, 5.74) is 2.51. The molecule has 1 aliphatic heterocycles. The van der Waals surface area contributed by atoms with Crippen LogP contribution < -0.4 is 0 Å². The molecule has 132 valence electrons. The topological polar surface area (TPSA) is 49.8 Å². The van der Waals surface area contributed by atoms with Crippen LogP contribution in [0.5, 0.6) is 0 Å². The fourth-order valence-electron chi connectivity index (χ4n) is 3.58. The molecule has 1 fully saturated rings. The lowest BCUT2D eigenvalue weighted by Crippen LogP contribution is -2.37. The summed E-state index contributed by atoms with van der Waals surface area (Å²) in [6.45, 7) is 1.17. The van der Waals surface area contributed by atoms with Crippen molar-refractivity contribution in [1.82, 2.24) is 4.90 Å². The van der Waals surface area contributed by atoms with Crippen molar-refractivity contribution in [3.05, 3.63) is 71.3 Å². The van der Waals surface area contributed by atoms with Gasteiger partial charge in [-0.15, -0.1) is 0 Å². The summed E-state index contributed by atoms with van der Waals surface area (Å²) >= 11 is 0. The van der Waals surface area contributed by atoms with Gasteiger partial charge in [-0.1, -0.05) is 48.5 Å². The van der Waals surface area contributed by atoms with E-state index in [1.165, 1.54) is 0 Å². The standard InChI is InChI=1S/C21H25NO3/c1-25-15-17-10-5-6-12-19(17)21(24)22-13-7-11-18(22)14-20(23)16-8-3-2-4-9-16/h2-6,8-10,12,18,20,23H,7,11,13-15H2,1H3/t18-,20+/m0/s1. The van der Waals surface area contributed by atoms with E-state index in [2.05, 4.69) is 0 Å². The Morgan fingerprint density at radius 2 is 1.92 bits per heavy atom. The second-order valence-corrected chi connectivity index (χ2v) is 6.55. The molecule has 1 amide bonds. The maximum Gasteiger partial charge on any atom is 0.254 e. The number of hydrogen-bond acceptors (Lipinski definition) is 3. The summed E-state index contributed by atoms with van der Waals surface area (Å²) in [5, 5.41) is 10.5. The second-order valence-electron chi connectivity index (χ2n) is 6.55. The molecule has 1 heterocycles. The number of amides is 1. The molecule has 2 atom stereocenters. The summed E-state index contributed by atoms with van der Waals surface area (Å²) in [5.74, 6) is 0.0374. The fourth-order valence-corrected chi connectivity index (χ4v) is 3.58. The van der Waals surface area contributed by atoms with Gasteiger partial charge in [0.25, 0.3) is 5.91 Å². The largest absolute Gasteiger partial charge is 0.388 e. The zero-order valence-corrected chi connectivity index (χ0v) is 14.6. The number of nitrogens with zero attached hydrogens (tertiary/aromatic N) is 1. The van der Waals surface area contributed by atoms with Gasteiger partial charge in [-0.05, 0) is 36.5 Å². The SMILES string of the molecule is COCc1ccccc1C(=O)N1CCC[C@H]1C[C@@H](O)c1ccccc1. The van der Waals surface area contributed by atoms with Crippen LogP contribution in [0.3, 0.4) is 0 Å². The zero-order valence-electron chi connectivity index (χ0n) is 14.6. The number of ether oxygens (including phenoxy) is 1. The molecular weight excluding hydrogens is 314 g/mol. The molecule has 0 spiro atoms. The highest BCUT2D eigenvalue weighted by Crippen LogP contribution is 2.29. The van der Waals surface area contributed by atoms with E-state index >= 15 is 0 Å². The van der Waals surface area contributed by atoms with Crippen molar-refractivity contribution in [2.24, 2.45) is 0 Å². The monoisotopic (exact) mass is 339 g/mol. The number of aliphatic hydroxyl groups excluding tert-OH is 1. The number of likely N-dealkylation sites (tertiary alicyclic amines) is 1. The maximum atomic E-state index is 13.1. The molecule has 1 saturated heterocycles. The molecular formula is C21H25NO3. The number of aliphatic hydroxyl groups is 1. The van der Waals surface area contributed by atoms with E-state index < -0.39 is 6.10 Å². The minimum atomic E-state index is -0.547. The predicted octanol–water partition coefficient (Wildman–Crippen LogP) is 3.56. The predicted molar refractivity (Wildman–Crippen MR) is 97.2 cm³/mol. The summed E-state index contributed by atoms with van der Waals surface area (Å²) in [4.78, 5) is 15.0. The number of carbonyl (C=O) groups is 1. The van der Waals surface area contributed by atoms with Crippen molar-refractivity contribution >= 4 is 5.91 Å². The number of carbonyl (C=O) groups excluding carboxylic acids is 1. The van der Waals surface area contributed by atoms with E-state index in [0.29, 0.717) is 18.6 Å². The third-order valence-electron chi connectivity index (χ3n) is 4.87. The van der Waals surface area contributed by atoms with Gasteiger partial charge in [0, 0.05) is 25.3 Å². The van der Waals surface area contributed by atoms with Crippen molar-refractivity contribution < 1.29 is 14.6 Å². The smallest absolute Gasteiger partial charge is 0.254 e. The van der Waals surface area contributed by atoms with E-state index in [9.17, 15) is 9.90 Å². The van der Waals surface area contributed by atoms with Gasteiger partial charge in [0.05, 0.1) is 12.7 Å². The lowest BCUT2D eigenvalue weighted by atomic mass is 9.99. The third-order valence-corrected chi connectivity index (χ3v) is 4.87. The Bertz CT molecular complexity index is 701. The zero-order chi connectivity index (χ0) is 17.6. The molecule has 0 bridgehead atoms. The second kappa shape index (κ2) is 8.28. The van der Waals surface area contributed by atoms with Gasteiger partial charge in [-0.25, -0.2) is 0 Å². The van der Waals surface area contributed by atoms with Gasteiger partial charge in [0.15, 0.2) is 0 Å². The van der Waals surface area contributed by atoms with E-state index in [4.69, 9.17) is 4.74 Å². The van der Waals surface area contributed by atoms with Crippen LogP contribution in [0.2, 0.25) is 0 Å². The molecule has 3 rings (SSSR count). The molecule has 0 aromatic heterocycles. The highest BCUT2D eigenvalue weighted by molar-refractivity contribution is 5.96. The van der Waals surface area contributed by atoms with Crippen molar-refractivity contribution in [3.8, 4) is 0 Å². The number of rotatable bonds is 6. The Balaban J connectivity index is 1.74. The molecule has 25 heavy (non-hydrogen) atoms. The Morgan fingerprint density at radius 3 is 2.68 bits per heavy atom. The molecule has 0 saturated carbocycles. The minimum Gasteiger partial charge on any atom is -0.388 e.